The predicted octanol–water partition coefficient (Wildman–Crippen LogP) is 5.27. The van der Waals surface area contributed by atoms with E-state index in [2.05, 4.69) is 27.5 Å². The molecule has 2 atom stereocenters. The number of rotatable bonds is 6. The molecule has 0 saturated heterocycles. The summed E-state index contributed by atoms with van der Waals surface area (Å²) in [7, 11) is 0. The van der Waals surface area contributed by atoms with Crippen molar-refractivity contribution in [3.05, 3.63) is 77.9 Å². The first-order valence-electron chi connectivity index (χ1n) is 8.60. The van der Waals surface area contributed by atoms with Crippen molar-refractivity contribution in [3.63, 3.8) is 0 Å². The number of fused-ring (bicyclic) bond motifs is 1. The zero-order valence-corrected chi connectivity index (χ0v) is 16.2. The lowest BCUT2D eigenvalue weighted by atomic mass is 10.3. The van der Waals surface area contributed by atoms with E-state index in [1.165, 1.54) is 0 Å². The lowest BCUT2D eigenvalue weighted by Gasteiger charge is -2.26. The van der Waals surface area contributed by atoms with Crippen LogP contribution in [0.1, 0.15) is 13.1 Å². The molecule has 0 fully saturated rings. The minimum atomic E-state index is -0.132. The normalized spacial score (nSPS) is 13.4. The molecule has 0 bridgehead atoms. The quantitative estimate of drug-likeness (QED) is 0.450. The highest BCUT2D eigenvalue weighted by Gasteiger charge is 2.23. The highest BCUT2D eigenvalue weighted by molar-refractivity contribution is 8.00. The van der Waals surface area contributed by atoms with Crippen LogP contribution in [0.15, 0.2) is 77.8 Å². The lowest BCUT2D eigenvalue weighted by molar-refractivity contribution is 0.498. The second-order valence-corrected chi connectivity index (χ2v) is 7.99. The zero-order valence-electron chi connectivity index (χ0n) is 14.7. The van der Waals surface area contributed by atoms with Gasteiger partial charge in [0.2, 0.25) is 0 Å². The number of benzene rings is 2. The molecule has 0 spiro atoms. The lowest BCUT2D eigenvalue weighted by Crippen LogP contribution is -2.28. The fourth-order valence-corrected chi connectivity index (χ4v) is 4.02. The van der Waals surface area contributed by atoms with Crippen molar-refractivity contribution in [1.29, 1.82) is 0 Å². The van der Waals surface area contributed by atoms with Crippen LogP contribution in [0.2, 0.25) is 5.02 Å². The molecule has 0 saturated carbocycles. The minimum Gasteiger partial charge on any atom is -0.347 e. The average Bonchev–Trinajstić information content (AvgIpc) is 3.12. The molecule has 0 aliphatic heterocycles. The van der Waals surface area contributed by atoms with E-state index in [1.54, 1.807) is 18.0 Å². The summed E-state index contributed by atoms with van der Waals surface area (Å²) < 4.78 is 1.93. The van der Waals surface area contributed by atoms with Crippen molar-refractivity contribution in [1.82, 2.24) is 20.0 Å². The number of nitrogens with one attached hydrogen (secondary N) is 1. The molecule has 0 amide bonds. The topological polar surface area (TPSA) is 55.6 Å². The van der Waals surface area contributed by atoms with Crippen molar-refractivity contribution in [2.24, 2.45) is 0 Å². The summed E-state index contributed by atoms with van der Waals surface area (Å²) in [6.07, 6.45) is 1.64. The Hall–Kier alpha value is -2.57. The predicted molar refractivity (Wildman–Crippen MR) is 111 cm³/mol. The van der Waals surface area contributed by atoms with Crippen LogP contribution in [-0.4, -0.2) is 25.2 Å². The fourth-order valence-electron chi connectivity index (χ4n) is 2.86. The van der Waals surface area contributed by atoms with Crippen LogP contribution in [0.5, 0.6) is 0 Å². The Morgan fingerprint density at radius 2 is 1.78 bits per heavy atom. The molecule has 4 aromatic rings. The smallest absolute Gasteiger partial charge is 0.136 e. The van der Waals surface area contributed by atoms with Gasteiger partial charge in [-0.1, -0.05) is 35.0 Å². The minimum absolute atomic E-state index is 0.132. The molecule has 1 N–H and O–H groups in total. The maximum atomic E-state index is 6.01. The maximum absolute atomic E-state index is 6.01. The molecule has 0 aliphatic rings. The Morgan fingerprint density at radius 3 is 2.56 bits per heavy atom. The van der Waals surface area contributed by atoms with Gasteiger partial charge in [-0.2, -0.15) is 0 Å². The van der Waals surface area contributed by atoms with Gasteiger partial charge in [0.15, 0.2) is 0 Å². The monoisotopic (exact) mass is 395 g/mol. The third kappa shape index (κ3) is 4.07. The SMILES string of the molecule is C[C@H](Sc1ccc(Cl)cc1)[C@@H](Nc1ccccn1)n1nnc2ccccc21. The van der Waals surface area contributed by atoms with Crippen LogP contribution in [0.4, 0.5) is 5.82 Å². The van der Waals surface area contributed by atoms with E-state index >= 15 is 0 Å². The molecule has 4 rings (SSSR count). The maximum Gasteiger partial charge on any atom is 0.136 e. The van der Waals surface area contributed by atoms with Crippen molar-refractivity contribution >= 4 is 40.2 Å². The second kappa shape index (κ2) is 7.98. The summed E-state index contributed by atoms with van der Waals surface area (Å²) in [4.78, 5) is 5.55. The summed E-state index contributed by atoms with van der Waals surface area (Å²) >= 11 is 7.76. The van der Waals surface area contributed by atoms with E-state index in [4.69, 9.17) is 11.6 Å². The van der Waals surface area contributed by atoms with Gasteiger partial charge in [-0.3, -0.25) is 0 Å². The fraction of sp³-hybridized carbons (Fsp3) is 0.150. The number of thioether (sulfide) groups is 1. The third-order valence-electron chi connectivity index (χ3n) is 4.18. The van der Waals surface area contributed by atoms with Crippen LogP contribution in [0.25, 0.3) is 11.0 Å². The average molecular weight is 396 g/mol. The van der Waals surface area contributed by atoms with E-state index in [9.17, 15) is 0 Å². The van der Waals surface area contributed by atoms with Crippen LogP contribution in [0, 0.1) is 0 Å². The number of aromatic nitrogens is 4. The van der Waals surface area contributed by atoms with E-state index in [0.717, 1.165) is 26.8 Å². The Morgan fingerprint density at radius 1 is 1.00 bits per heavy atom. The molecule has 0 aliphatic carbocycles. The van der Waals surface area contributed by atoms with Crippen LogP contribution >= 0.6 is 23.4 Å². The Balaban J connectivity index is 1.67. The number of halogens is 1. The van der Waals surface area contributed by atoms with Gasteiger partial charge in [-0.05, 0) is 55.5 Å². The number of pyridine rings is 1. The standard InChI is InChI=1S/C20H18ClN5S/c1-14(27-16-11-9-15(21)10-12-16)20(23-19-8-4-5-13-22-19)26-18-7-3-2-6-17(18)24-25-26/h2-14,20H,1H3,(H,22,23)/t14-,20-/m0/s1. The van der Waals surface area contributed by atoms with E-state index < -0.39 is 0 Å². The number of hydrogen-bond acceptors (Lipinski definition) is 5. The molecule has 0 unspecified atom stereocenters. The van der Waals surface area contributed by atoms with E-state index in [-0.39, 0.29) is 11.4 Å². The van der Waals surface area contributed by atoms with E-state index in [1.807, 2.05) is 71.4 Å². The number of hydrogen-bond donors (Lipinski definition) is 1. The molecule has 7 heteroatoms. The highest BCUT2D eigenvalue weighted by Crippen LogP contribution is 2.32. The largest absolute Gasteiger partial charge is 0.347 e. The number of anilines is 1. The van der Waals surface area contributed by atoms with Gasteiger partial charge in [0.05, 0.1) is 5.52 Å². The molecule has 136 valence electrons. The van der Waals surface area contributed by atoms with Gasteiger partial charge in [0.1, 0.15) is 17.5 Å². The van der Waals surface area contributed by atoms with Crippen LogP contribution in [-0.2, 0) is 0 Å². The van der Waals surface area contributed by atoms with E-state index in [0.29, 0.717) is 0 Å². The first-order valence-corrected chi connectivity index (χ1v) is 9.86. The summed E-state index contributed by atoms with van der Waals surface area (Å²) in [6, 6.07) is 21.6. The summed E-state index contributed by atoms with van der Waals surface area (Å²) in [6.45, 7) is 2.16. The van der Waals surface area contributed by atoms with Crippen molar-refractivity contribution in [2.75, 3.05) is 5.32 Å². The Labute approximate surface area is 166 Å². The van der Waals surface area contributed by atoms with Gasteiger partial charge < -0.3 is 5.32 Å². The molecule has 2 heterocycles. The van der Waals surface area contributed by atoms with Gasteiger partial charge in [-0.15, -0.1) is 16.9 Å². The van der Waals surface area contributed by atoms with Gasteiger partial charge in [0.25, 0.3) is 0 Å². The number of nitrogens with zero attached hydrogens (tertiary/aromatic N) is 4. The van der Waals surface area contributed by atoms with Crippen LogP contribution in [0.3, 0.4) is 0 Å². The molecular formula is C20H18ClN5S. The number of para-hydroxylation sites is 1. The molecule has 2 aromatic heterocycles. The third-order valence-corrected chi connectivity index (χ3v) is 5.61. The Kier molecular flexibility index (Phi) is 5.27. The summed E-state index contributed by atoms with van der Waals surface area (Å²) in [5.41, 5.74) is 1.85. The van der Waals surface area contributed by atoms with Gasteiger partial charge >= 0.3 is 0 Å². The molecule has 5 nitrogen and oxygen atoms in total. The highest BCUT2D eigenvalue weighted by atomic mass is 35.5. The van der Waals surface area contributed by atoms with Crippen LogP contribution < -0.4 is 5.32 Å². The zero-order chi connectivity index (χ0) is 18.6. The molecular weight excluding hydrogens is 378 g/mol. The molecule has 2 aromatic carbocycles. The first kappa shape index (κ1) is 17.8. The van der Waals surface area contributed by atoms with Gasteiger partial charge in [-0.25, -0.2) is 9.67 Å². The Bertz CT molecular complexity index is 1020. The van der Waals surface area contributed by atoms with Crippen molar-refractivity contribution < 1.29 is 0 Å². The second-order valence-electron chi connectivity index (χ2n) is 6.10. The van der Waals surface area contributed by atoms with Gasteiger partial charge in [0, 0.05) is 21.4 Å². The molecule has 0 radical (unpaired) electrons. The van der Waals surface area contributed by atoms with Crippen molar-refractivity contribution in [2.45, 2.75) is 23.2 Å². The molecule has 27 heavy (non-hydrogen) atoms. The summed E-state index contributed by atoms with van der Waals surface area (Å²) in [5.74, 6) is 0.797. The van der Waals surface area contributed by atoms with Crippen molar-refractivity contribution in [3.8, 4) is 0 Å². The first-order chi connectivity index (χ1) is 13.2. The summed E-state index contributed by atoms with van der Waals surface area (Å²) in [5, 5.41) is 13.1.